The van der Waals surface area contributed by atoms with Gasteiger partial charge in [0.15, 0.2) is 0 Å². The number of hydrogen-bond donors (Lipinski definition) is 2. The van der Waals surface area contributed by atoms with Gasteiger partial charge in [-0.15, -0.1) is 11.8 Å². The molecule has 0 aliphatic carbocycles. The van der Waals surface area contributed by atoms with Gasteiger partial charge in [0.25, 0.3) is 5.91 Å². The maximum Gasteiger partial charge on any atom is 0.335 e. The summed E-state index contributed by atoms with van der Waals surface area (Å²) in [6.07, 6.45) is 2.17. The van der Waals surface area contributed by atoms with Crippen molar-refractivity contribution in [3.05, 3.63) is 29.6 Å². The Labute approximate surface area is 144 Å². The van der Waals surface area contributed by atoms with Crippen molar-refractivity contribution in [2.45, 2.75) is 26.3 Å². The van der Waals surface area contributed by atoms with E-state index in [1.165, 1.54) is 35.0 Å². The Morgan fingerprint density at radius 3 is 2.88 bits per heavy atom. The zero-order chi connectivity index (χ0) is 17.7. The topological polar surface area (TPSA) is 99.6 Å². The van der Waals surface area contributed by atoms with Crippen LogP contribution in [0.3, 0.4) is 0 Å². The van der Waals surface area contributed by atoms with Crippen LogP contribution in [0.2, 0.25) is 0 Å². The van der Waals surface area contributed by atoms with Crippen LogP contribution in [0.15, 0.2) is 18.3 Å². The van der Waals surface area contributed by atoms with Crippen LogP contribution in [0.25, 0.3) is 0 Å². The van der Waals surface area contributed by atoms with Crippen LogP contribution >= 0.6 is 11.8 Å². The highest BCUT2D eigenvalue weighted by molar-refractivity contribution is 7.99. The highest BCUT2D eigenvalue weighted by Gasteiger charge is 2.35. The van der Waals surface area contributed by atoms with E-state index < -0.39 is 17.9 Å². The molecule has 7 nitrogen and oxygen atoms in total. The second-order valence-electron chi connectivity index (χ2n) is 6.00. The van der Waals surface area contributed by atoms with Crippen molar-refractivity contribution in [3.8, 4) is 0 Å². The molecule has 2 rings (SSSR count). The third-order valence-corrected chi connectivity index (χ3v) is 4.70. The molecule has 0 bridgehead atoms. The van der Waals surface area contributed by atoms with Gasteiger partial charge in [0.2, 0.25) is 5.91 Å². The Bertz CT molecular complexity index is 636. The van der Waals surface area contributed by atoms with E-state index in [9.17, 15) is 14.4 Å². The van der Waals surface area contributed by atoms with Crippen LogP contribution in [-0.2, 0) is 4.79 Å². The molecule has 2 N–H and O–H groups in total. The maximum absolute atomic E-state index is 12.6. The summed E-state index contributed by atoms with van der Waals surface area (Å²) in [5.41, 5.74) is 0.0375. The van der Waals surface area contributed by atoms with Gasteiger partial charge in [-0.05, 0) is 24.5 Å². The Morgan fingerprint density at radius 1 is 1.46 bits per heavy atom. The molecular formula is C16H21N3O4S. The molecule has 24 heavy (non-hydrogen) atoms. The third-order valence-electron chi connectivity index (χ3n) is 3.69. The molecule has 0 radical (unpaired) electrons. The molecule has 2 heterocycles. The first-order valence-corrected chi connectivity index (χ1v) is 8.91. The Hall–Kier alpha value is -2.09. The Balaban J connectivity index is 2.06. The van der Waals surface area contributed by atoms with Crippen LogP contribution in [0, 0.1) is 5.92 Å². The summed E-state index contributed by atoms with van der Waals surface area (Å²) < 4.78 is 0. The van der Waals surface area contributed by atoms with E-state index in [2.05, 4.69) is 24.1 Å². The van der Waals surface area contributed by atoms with Crippen LogP contribution in [0.4, 0.5) is 0 Å². The quantitative estimate of drug-likeness (QED) is 0.805. The van der Waals surface area contributed by atoms with Crippen molar-refractivity contribution in [2.75, 3.05) is 18.2 Å². The summed E-state index contributed by atoms with van der Waals surface area (Å²) in [4.78, 5) is 41.3. The van der Waals surface area contributed by atoms with Gasteiger partial charge in [-0.2, -0.15) is 0 Å². The predicted octanol–water partition coefficient (Wildman–Crippen LogP) is 1.46. The van der Waals surface area contributed by atoms with E-state index in [0.29, 0.717) is 24.1 Å². The number of carbonyl (C=O) groups excluding carboxylic acids is 2. The fraction of sp³-hybridized carbons (Fsp3) is 0.500. The summed E-state index contributed by atoms with van der Waals surface area (Å²) in [6.45, 7) is 4.73. The number of aromatic nitrogens is 1. The zero-order valence-electron chi connectivity index (χ0n) is 13.7. The largest absolute Gasteiger partial charge is 0.478 e. The minimum Gasteiger partial charge on any atom is -0.478 e. The van der Waals surface area contributed by atoms with Crippen molar-refractivity contribution in [1.82, 2.24) is 15.2 Å². The van der Waals surface area contributed by atoms with Crippen LogP contribution in [-0.4, -0.2) is 57.0 Å². The normalized spacial score (nSPS) is 17.1. The van der Waals surface area contributed by atoms with Crippen molar-refractivity contribution >= 4 is 29.5 Å². The lowest BCUT2D eigenvalue weighted by atomic mass is 10.1. The minimum atomic E-state index is -1.12. The number of carboxylic acid groups (broad SMARTS) is 1. The monoisotopic (exact) mass is 351 g/mol. The molecule has 8 heteroatoms. The molecule has 1 aromatic heterocycles. The highest BCUT2D eigenvalue weighted by atomic mass is 32.2. The van der Waals surface area contributed by atoms with Gasteiger partial charge in [-0.1, -0.05) is 13.8 Å². The Kier molecular flexibility index (Phi) is 6.19. The molecule has 0 spiro atoms. The smallest absolute Gasteiger partial charge is 0.335 e. The van der Waals surface area contributed by atoms with Crippen molar-refractivity contribution in [3.63, 3.8) is 0 Å². The number of nitrogens with zero attached hydrogens (tertiary/aromatic N) is 2. The average molecular weight is 351 g/mol. The van der Waals surface area contributed by atoms with Gasteiger partial charge in [-0.3, -0.25) is 14.6 Å². The average Bonchev–Trinajstić information content (AvgIpc) is 3.03. The van der Waals surface area contributed by atoms with Gasteiger partial charge < -0.3 is 15.3 Å². The maximum atomic E-state index is 12.6. The van der Waals surface area contributed by atoms with E-state index in [4.69, 9.17) is 5.11 Å². The first-order valence-electron chi connectivity index (χ1n) is 7.76. The van der Waals surface area contributed by atoms with Crippen LogP contribution in [0.5, 0.6) is 0 Å². The highest BCUT2D eigenvalue weighted by Crippen LogP contribution is 2.23. The molecule has 1 atom stereocenters. The molecule has 1 aromatic rings. The van der Waals surface area contributed by atoms with E-state index in [1.807, 2.05) is 0 Å². The second-order valence-corrected chi connectivity index (χ2v) is 7.00. The number of thioether (sulfide) groups is 1. The van der Waals surface area contributed by atoms with Crippen molar-refractivity contribution < 1.29 is 19.5 Å². The van der Waals surface area contributed by atoms with Crippen molar-refractivity contribution in [1.29, 1.82) is 0 Å². The van der Waals surface area contributed by atoms with Crippen molar-refractivity contribution in [2.24, 2.45) is 5.92 Å². The van der Waals surface area contributed by atoms with E-state index in [1.54, 1.807) is 0 Å². The fourth-order valence-corrected chi connectivity index (χ4v) is 3.44. The summed E-state index contributed by atoms with van der Waals surface area (Å²) in [5, 5.41) is 11.9. The number of hydrogen-bond acceptors (Lipinski definition) is 5. The van der Waals surface area contributed by atoms with Gasteiger partial charge >= 0.3 is 5.97 Å². The lowest BCUT2D eigenvalue weighted by molar-refractivity contribution is -0.124. The molecule has 130 valence electrons. The molecule has 1 fully saturated rings. The first-order chi connectivity index (χ1) is 11.4. The summed E-state index contributed by atoms with van der Waals surface area (Å²) >= 11 is 1.49. The molecule has 1 aliphatic rings. The fourth-order valence-electron chi connectivity index (χ4n) is 2.29. The van der Waals surface area contributed by atoms with E-state index >= 15 is 0 Å². The van der Waals surface area contributed by atoms with Gasteiger partial charge in [0.1, 0.15) is 11.7 Å². The number of rotatable bonds is 6. The van der Waals surface area contributed by atoms with Gasteiger partial charge in [0, 0.05) is 18.5 Å². The summed E-state index contributed by atoms with van der Waals surface area (Å²) in [6, 6.07) is 2.01. The van der Waals surface area contributed by atoms with E-state index in [0.717, 1.165) is 6.42 Å². The molecule has 0 saturated carbocycles. The molecule has 2 amide bonds. The SMILES string of the molecule is CC(C)CCNC(=O)C1CSCN1C(=O)c1cc(C(=O)O)ccn1. The number of carbonyl (C=O) groups is 3. The van der Waals surface area contributed by atoms with Crippen LogP contribution < -0.4 is 5.32 Å². The number of amides is 2. The first kappa shape index (κ1) is 18.3. The summed E-state index contributed by atoms with van der Waals surface area (Å²) in [5.74, 6) is -0.317. The number of pyridine rings is 1. The third kappa shape index (κ3) is 4.47. The number of nitrogens with one attached hydrogen (secondary N) is 1. The lowest BCUT2D eigenvalue weighted by Crippen LogP contribution is -2.47. The molecular weight excluding hydrogens is 330 g/mol. The molecule has 0 aromatic carbocycles. The zero-order valence-corrected chi connectivity index (χ0v) is 14.5. The summed E-state index contributed by atoms with van der Waals surface area (Å²) in [7, 11) is 0. The molecule has 1 aliphatic heterocycles. The van der Waals surface area contributed by atoms with Crippen LogP contribution in [0.1, 0.15) is 41.1 Å². The lowest BCUT2D eigenvalue weighted by Gasteiger charge is -2.23. The number of aromatic carboxylic acids is 1. The molecule has 1 saturated heterocycles. The Morgan fingerprint density at radius 2 is 2.21 bits per heavy atom. The minimum absolute atomic E-state index is 0.00173. The number of carboxylic acids is 1. The standard InChI is InChI=1S/C16H21N3O4S/c1-10(2)3-5-18-14(20)13-8-24-9-19(13)15(21)12-7-11(16(22)23)4-6-17-12/h4,6-7,10,13H,3,5,8-9H2,1-2H3,(H,18,20)(H,22,23). The second kappa shape index (κ2) is 8.14. The predicted molar refractivity (Wildman–Crippen MR) is 90.9 cm³/mol. The van der Waals surface area contributed by atoms with Gasteiger partial charge in [0.05, 0.1) is 11.4 Å². The van der Waals surface area contributed by atoms with Gasteiger partial charge in [-0.25, -0.2) is 4.79 Å². The molecule has 1 unspecified atom stereocenters. The van der Waals surface area contributed by atoms with E-state index in [-0.39, 0.29) is 17.2 Å².